The topological polar surface area (TPSA) is 63.5 Å². The maximum absolute atomic E-state index is 12.5. The van der Waals surface area contributed by atoms with Gasteiger partial charge in [-0.15, -0.1) is 11.8 Å². The first-order chi connectivity index (χ1) is 16.5. The van der Waals surface area contributed by atoms with Crippen LogP contribution < -0.4 is 10.1 Å². The first-order valence-corrected chi connectivity index (χ1v) is 12.5. The highest BCUT2D eigenvalue weighted by Gasteiger charge is 2.23. The molecular weight excluding hydrogens is 444 g/mol. The van der Waals surface area contributed by atoms with Gasteiger partial charge in [-0.25, -0.2) is 4.79 Å². The molecule has 6 heteroatoms. The van der Waals surface area contributed by atoms with Gasteiger partial charge in [-0.1, -0.05) is 36.4 Å². The summed E-state index contributed by atoms with van der Waals surface area (Å²) in [6.45, 7) is 3.78. The molecule has 0 spiro atoms. The van der Waals surface area contributed by atoms with Gasteiger partial charge in [0.25, 0.3) is 0 Å². The Labute approximate surface area is 204 Å². The quantitative estimate of drug-likeness (QED) is 0.226. The number of hydrogen-bond acceptors (Lipinski definition) is 4. The Bertz CT molecular complexity index is 1300. The molecule has 4 aromatic rings. The smallest absolute Gasteiger partial charge is 0.352 e. The van der Waals surface area contributed by atoms with Crippen LogP contribution in [0.4, 0.5) is 0 Å². The van der Waals surface area contributed by atoms with Crippen LogP contribution in [0.15, 0.2) is 71.6 Å². The summed E-state index contributed by atoms with van der Waals surface area (Å²) < 4.78 is 7.35. The van der Waals surface area contributed by atoms with E-state index in [1.165, 1.54) is 10.5 Å². The van der Waals surface area contributed by atoms with Crippen molar-refractivity contribution < 1.29 is 14.6 Å². The number of aromatic nitrogens is 1. The third-order valence-electron chi connectivity index (χ3n) is 6.22. The van der Waals surface area contributed by atoms with Crippen LogP contribution >= 0.6 is 11.8 Å². The van der Waals surface area contributed by atoms with Gasteiger partial charge in [0.05, 0.1) is 12.6 Å². The van der Waals surface area contributed by atoms with Gasteiger partial charge in [-0.3, -0.25) is 0 Å². The van der Waals surface area contributed by atoms with E-state index < -0.39 is 5.97 Å². The molecule has 3 aromatic carbocycles. The van der Waals surface area contributed by atoms with Gasteiger partial charge in [0.1, 0.15) is 11.4 Å². The fourth-order valence-corrected chi connectivity index (χ4v) is 4.72. The molecule has 4 rings (SSSR count). The number of carbonyl (C=O) groups is 1. The fourth-order valence-electron chi connectivity index (χ4n) is 4.31. The summed E-state index contributed by atoms with van der Waals surface area (Å²) in [5.41, 5.74) is 5.48. The Morgan fingerprint density at radius 3 is 2.53 bits per heavy atom. The van der Waals surface area contributed by atoms with Crippen LogP contribution in [0.3, 0.4) is 0 Å². The molecule has 0 aliphatic heterocycles. The molecule has 1 aromatic heterocycles. The molecule has 0 bridgehead atoms. The number of rotatable bonds is 10. The maximum atomic E-state index is 12.5. The summed E-state index contributed by atoms with van der Waals surface area (Å²) in [5.74, 6) is -0.214. The Morgan fingerprint density at radius 1 is 1.09 bits per heavy atom. The van der Waals surface area contributed by atoms with Crippen molar-refractivity contribution >= 4 is 28.6 Å². The summed E-state index contributed by atoms with van der Waals surface area (Å²) >= 11 is 1.73. The number of ether oxygens (including phenoxy) is 1. The van der Waals surface area contributed by atoms with E-state index in [1.807, 2.05) is 41.0 Å². The lowest BCUT2D eigenvalue weighted by atomic mass is 10.1. The van der Waals surface area contributed by atoms with Crippen LogP contribution in [0.2, 0.25) is 0 Å². The molecule has 0 fully saturated rings. The molecule has 0 aliphatic rings. The minimum Gasteiger partial charge on any atom is -0.497 e. The zero-order valence-electron chi connectivity index (χ0n) is 19.8. The average molecular weight is 475 g/mol. The number of carboxylic acids is 1. The number of thioether (sulfide) groups is 1. The molecule has 0 atom stereocenters. The van der Waals surface area contributed by atoms with Crippen LogP contribution in [0.25, 0.3) is 10.9 Å². The van der Waals surface area contributed by atoms with E-state index in [1.54, 1.807) is 18.9 Å². The van der Waals surface area contributed by atoms with Gasteiger partial charge >= 0.3 is 5.97 Å². The fraction of sp³-hybridized carbons (Fsp3) is 0.250. The highest BCUT2D eigenvalue weighted by molar-refractivity contribution is 7.98. The van der Waals surface area contributed by atoms with Crippen molar-refractivity contribution in [3.8, 4) is 5.75 Å². The van der Waals surface area contributed by atoms with Crippen molar-refractivity contribution in [2.24, 2.45) is 0 Å². The molecule has 34 heavy (non-hydrogen) atoms. The minimum absolute atomic E-state index is 0.323. The molecule has 0 unspecified atom stereocenters. The summed E-state index contributed by atoms with van der Waals surface area (Å²) in [7, 11) is 1.63. The predicted octanol–water partition coefficient (Wildman–Crippen LogP) is 5.76. The van der Waals surface area contributed by atoms with Crippen LogP contribution in [0.1, 0.15) is 32.7 Å². The lowest BCUT2D eigenvalue weighted by Gasteiger charge is -2.12. The van der Waals surface area contributed by atoms with Gasteiger partial charge in [-0.2, -0.15) is 0 Å². The molecule has 0 amide bonds. The van der Waals surface area contributed by atoms with Crippen LogP contribution in [-0.4, -0.2) is 35.6 Å². The van der Waals surface area contributed by atoms with Crippen LogP contribution in [0, 0.1) is 6.92 Å². The monoisotopic (exact) mass is 474 g/mol. The zero-order valence-corrected chi connectivity index (χ0v) is 20.6. The molecule has 5 nitrogen and oxygen atoms in total. The second-order valence-corrected chi connectivity index (χ2v) is 9.18. The number of benzene rings is 3. The van der Waals surface area contributed by atoms with Crippen molar-refractivity contribution in [2.45, 2.75) is 31.3 Å². The van der Waals surface area contributed by atoms with E-state index in [9.17, 15) is 9.90 Å². The molecule has 0 saturated heterocycles. The molecule has 1 heterocycles. The van der Waals surface area contributed by atoms with Gasteiger partial charge in [0.15, 0.2) is 0 Å². The minimum atomic E-state index is -0.923. The van der Waals surface area contributed by atoms with E-state index >= 15 is 0 Å². The summed E-state index contributed by atoms with van der Waals surface area (Å²) in [6, 6.07) is 22.4. The SMILES string of the molecule is COc1ccc2c(CNCCc3ccc(SC)cc3)c(C(=O)O)n(Cc3ccccc3C)c2c1. The van der Waals surface area contributed by atoms with E-state index in [4.69, 9.17) is 4.74 Å². The molecule has 0 radical (unpaired) electrons. The number of methoxy groups -OCH3 is 1. The Morgan fingerprint density at radius 2 is 1.85 bits per heavy atom. The predicted molar refractivity (Wildman–Crippen MR) is 139 cm³/mol. The maximum Gasteiger partial charge on any atom is 0.352 e. The molecular formula is C28H30N2O3S. The highest BCUT2D eigenvalue weighted by atomic mass is 32.2. The third kappa shape index (κ3) is 5.13. The number of hydrogen-bond donors (Lipinski definition) is 2. The second-order valence-electron chi connectivity index (χ2n) is 8.30. The van der Waals surface area contributed by atoms with Crippen molar-refractivity contribution in [2.75, 3.05) is 19.9 Å². The number of aryl methyl sites for hydroxylation is 1. The lowest BCUT2D eigenvalue weighted by molar-refractivity contribution is 0.0684. The van der Waals surface area contributed by atoms with Gasteiger partial charge < -0.3 is 19.7 Å². The Hall–Kier alpha value is -3.22. The molecule has 2 N–H and O–H groups in total. The summed E-state index contributed by atoms with van der Waals surface area (Å²) in [6.07, 6.45) is 2.95. The number of nitrogens with one attached hydrogen (secondary N) is 1. The standard InChI is InChI=1S/C28H30N2O3S/c1-19-6-4-5-7-21(19)18-30-26-16-22(33-2)10-13-24(26)25(27(30)28(31)32)17-29-15-14-20-8-11-23(34-3)12-9-20/h4-13,16,29H,14-15,17-18H2,1-3H3,(H,31,32). The van der Waals surface area contributed by atoms with E-state index in [-0.39, 0.29) is 0 Å². The summed E-state index contributed by atoms with van der Waals surface area (Å²) in [4.78, 5) is 13.7. The first-order valence-electron chi connectivity index (χ1n) is 11.3. The average Bonchev–Trinajstić information content (AvgIpc) is 3.16. The van der Waals surface area contributed by atoms with Gasteiger partial charge in [-0.05, 0) is 67.1 Å². The number of carboxylic acid groups (broad SMARTS) is 1. The third-order valence-corrected chi connectivity index (χ3v) is 6.96. The number of aromatic carboxylic acids is 1. The molecule has 0 aliphatic carbocycles. The van der Waals surface area contributed by atoms with Crippen LogP contribution in [0.5, 0.6) is 5.75 Å². The second kappa shape index (κ2) is 10.8. The van der Waals surface area contributed by atoms with E-state index in [2.05, 4.69) is 48.8 Å². The van der Waals surface area contributed by atoms with Gasteiger partial charge in [0, 0.05) is 35.0 Å². The Kier molecular flexibility index (Phi) is 7.60. The first kappa shape index (κ1) is 23.9. The highest BCUT2D eigenvalue weighted by Crippen LogP contribution is 2.31. The van der Waals surface area contributed by atoms with Crippen molar-refractivity contribution in [3.05, 3.63) is 94.7 Å². The molecule has 176 valence electrons. The lowest BCUT2D eigenvalue weighted by Crippen LogP contribution is -2.19. The summed E-state index contributed by atoms with van der Waals surface area (Å²) in [5, 5.41) is 14.6. The van der Waals surface area contributed by atoms with Crippen molar-refractivity contribution in [1.82, 2.24) is 9.88 Å². The number of nitrogens with zero attached hydrogens (tertiary/aromatic N) is 1. The number of fused-ring (bicyclic) bond motifs is 1. The molecule has 0 saturated carbocycles. The zero-order chi connectivity index (χ0) is 24.1. The van der Waals surface area contributed by atoms with Crippen LogP contribution in [-0.2, 0) is 19.5 Å². The normalized spacial score (nSPS) is 11.1. The largest absolute Gasteiger partial charge is 0.497 e. The van der Waals surface area contributed by atoms with Gasteiger partial charge in [0.2, 0.25) is 0 Å². The van der Waals surface area contributed by atoms with Crippen molar-refractivity contribution in [3.63, 3.8) is 0 Å². The van der Waals surface area contributed by atoms with E-state index in [0.29, 0.717) is 24.5 Å². The van der Waals surface area contributed by atoms with Crippen molar-refractivity contribution in [1.29, 1.82) is 0 Å². The Balaban J connectivity index is 1.64. The van der Waals surface area contributed by atoms with E-state index in [0.717, 1.165) is 40.6 Å².